The molecule has 3 heterocycles. The van der Waals surface area contributed by atoms with Crippen molar-refractivity contribution < 1.29 is 13.2 Å². The monoisotopic (exact) mass is 385 g/mol. The minimum atomic E-state index is -3.40. The highest BCUT2D eigenvalue weighted by molar-refractivity contribution is 7.91. The molecule has 2 atom stereocenters. The van der Waals surface area contributed by atoms with Gasteiger partial charge in [0.1, 0.15) is 4.21 Å². The predicted molar refractivity (Wildman–Crippen MR) is 99.0 cm³/mol. The molecule has 2 N–H and O–H groups in total. The normalized spacial score (nSPS) is 23.8. The first-order valence-electron chi connectivity index (χ1n) is 9.03. The van der Waals surface area contributed by atoms with Crippen LogP contribution in [0.15, 0.2) is 16.3 Å². The second-order valence-corrected chi connectivity index (χ2v) is 10.4. The summed E-state index contributed by atoms with van der Waals surface area (Å²) in [6.07, 6.45) is 5.15. The molecule has 2 unspecified atom stereocenters. The van der Waals surface area contributed by atoms with E-state index in [1.807, 2.05) is 11.8 Å². The van der Waals surface area contributed by atoms with Crippen molar-refractivity contribution in [3.63, 3.8) is 0 Å². The Morgan fingerprint density at radius 2 is 1.92 bits per heavy atom. The van der Waals surface area contributed by atoms with Crippen LogP contribution in [-0.2, 0) is 21.2 Å². The van der Waals surface area contributed by atoms with Gasteiger partial charge >= 0.3 is 0 Å². The molecule has 6 nitrogen and oxygen atoms in total. The molecule has 8 heteroatoms. The second-order valence-electron chi connectivity index (χ2n) is 7.02. The summed E-state index contributed by atoms with van der Waals surface area (Å²) in [6.45, 7) is 3.88. The summed E-state index contributed by atoms with van der Waals surface area (Å²) in [6, 6.07) is 3.46. The Morgan fingerprint density at radius 3 is 2.60 bits per heavy atom. The number of hydrogen-bond acceptors (Lipinski definition) is 5. The highest BCUT2D eigenvalue weighted by atomic mass is 32.2. The Morgan fingerprint density at radius 1 is 1.24 bits per heavy atom. The Hall–Kier alpha value is -0.960. The van der Waals surface area contributed by atoms with Crippen molar-refractivity contribution >= 4 is 27.3 Å². The van der Waals surface area contributed by atoms with Crippen LogP contribution in [0.5, 0.6) is 0 Å². The average Bonchev–Trinajstić information content (AvgIpc) is 3.27. The third-order valence-electron chi connectivity index (χ3n) is 5.10. The quantitative estimate of drug-likeness (QED) is 0.838. The van der Waals surface area contributed by atoms with Crippen LogP contribution in [0.3, 0.4) is 0 Å². The van der Waals surface area contributed by atoms with Crippen molar-refractivity contribution in [3.8, 4) is 0 Å². The van der Waals surface area contributed by atoms with Gasteiger partial charge in [-0.3, -0.25) is 4.79 Å². The van der Waals surface area contributed by atoms with Gasteiger partial charge in [-0.25, -0.2) is 8.42 Å². The highest BCUT2D eigenvalue weighted by Gasteiger charge is 2.31. The number of amides is 1. The molecule has 1 aromatic heterocycles. The molecule has 0 saturated carbocycles. The smallest absolute Gasteiger partial charge is 0.252 e. The van der Waals surface area contributed by atoms with Gasteiger partial charge in [-0.15, -0.1) is 11.3 Å². The molecule has 0 radical (unpaired) electrons. The maximum atomic E-state index is 12.7. The second kappa shape index (κ2) is 7.73. The van der Waals surface area contributed by atoms with E-state index in [4.69, 9.17) is 5.73 Å². The average molecular weight is 386 g/mol. The zero-order valence-corrected chi connectivity index (χ0v) is 16.3. The lowest BCUT2D eigenvalue weighted by Crippen LogP contribution is -2.52. The molecule has 140 valence electrons. The molecule has 2 fully saturated rings. The van der Waals surface area contributed by atoms with Crippen LogP contribution in [-0.4, -0.2) is 55.2 Å². The standard InChI is InChI=1S/C17H27N3O3S2/c1-13(18)15-6-2-3-11-20(15)16(21)12-14-7-8-17(24-14)25(22,23)19-9-4-5-10-19/h7-8,13,15H,2-6,9-12,18H2,1H3. The largest absolute Gasteiger partial charge is 0.338 e. The van der Waals surface area contributed by atoms with Crippen molar-refractivity contribution in [2.24, 2.45) is 5.73 Å². The summed E-state index contributed by atoms with van der Waals surface area (Å²) in [5.41, 5.74) is 6.04. The van der Waals surface area contributed by atoms with Crippen LogP contribution in [0.2, 0.25) is 0 Å². The van der Waals surface area contributed by atoms with Gasteiger partial charge in [0.15, 0.2) is 0 Å². The third kappa shape index (κ3) is 4.07. The first-order valence-corrected chi connectivity index (χ1v) is 11.3. The summed E-state index contributed by atoms with van der Waals surface area (Å²) in [7, 11) is -3.40. The Balaban J connectivity index is 1.69. The molecular weight excluding hydrogens is 358 g/mol. The molecule has 0 bridgehead atoms. The van der Waals surface area contributed by atoms with Crippen molar-refractivity contribution in [3.05, 3.63) is 17.0 Å². The molecule has 2 aliphatic rings. The van der Waals surface area contributed by atoms with E-state index >= 15 is 0 Å². The lowest BCUT2D eigenvalue weighted by molar-refractivity contribution is -0.134. The number of nitrogens with two attached hydrogens (primary N) is 1. The van der Waals surface area contributed by atoms with E-state index in [1.54, 1.807) is 16.4 Å². The van der Waals surface area contributed by atoms with Gasteiger partial charge < -0.3 is 10.6 Å². The number of sulfonamides is 1. The topological polar surface area (TPSA) is 83.7 Å². The molecule has 0 aromatic carbocycles. The summed E-state index contributed by atoms with van der Waals surface area (Å²) < 4.78 is 27.1. The van der Waals surface area contributed by atoms with E-state index in [-0.39, 0.29) is 24.4 Å². The fourth-order valence-corrected chi connectivity index (χ4v) is 6.73. The fourth-order valence-electron chi connectivity index (χ4n) is 3.71. The van der Waals surface area contributed by atoms with E-state index in [0.29, 0.717) is 17.3 Å². The number of nitrogens with zero attached hydrogens (tertiary/aromatic N) is 2. The number of thiophene rings is 1. The summed E-state index contributed by atoms with van der Waals surface area (Å²) in [5.74, 6) is 0.0500. The van der Waals surface area contributed by atoms with Crippen molar-refractivity contribution in [1.82, 2.24) is 9.21 Å². The van der Waals surface area contributed by atoms with Gasteiger partial charge in [0, 0.05) is 36.6 Å². The molecule has 3 rings (SSSR count). The Bertz CT molecular complexity index is 708. The van der Waals surface area contributed by atoms with E-state index < -0.39 is 10.0 Å². The number of carbonyl (C=O) groups excluding carboxylic acids is 1. The minimum absolute atomic E-state index is 0.0429. The summed E-state index contributed by atoms with van der Waals surface area (Å²) in [4.78, 5) is 15.4. The van der Waals surface area contributed by atoms with Gasteiger partial charge in [0.25, 0.3) is 10.0 Å². The zero-order chi connectivity index (χ0) is 18.0. The Labute approximate surface area is 154 Å². The molecule has 2 aliphatic heterocycles. The molecule has 1 amide bonds. The van der Waals surface area contributed by atoms with Crippen molar-refractivity contribution in [2.45, 2.75) is 61.7 Å². The highest BCUT2D eigenvalue weighted by Crippen LogP contribution is 2.28. The maximum absolute atomic E-state index is 12.7. The van der Waals surface area contributed by atoms with Crippen molar-refractivity contribution in [1.29, 1.82) is 0 Å². The van der Waals surface area contributed by atoms with Gasteiger partial charge in [-0.2, -0.15) is 4.31 Å². The SMILES string of the molecule is CC(N)C1CCCCN1C(=O)Cc1ccc(S(=O)(=O)N2CCCC2)s1. The van der Waals surface area contributed by atoms with Gasteiger partial charge in [-0.1, -0.05) is 0 Å². The van der Waals surface area contributed by atoms with Crippen LogP contribution < -0.4 is 5.73 Å². The van der Waals surface area contributed by atoms with Crippen LogP contribution in [0.1, 0.15) is 43.9 Å². The molecule has 2 saturated heterocycles. The predicted octanol–water partition coefficient (Wildman–Crippen LogP) is 1.80. The summed E-state index contributed by atoms with van der Waals surface area (Å²) >= 11 is 1.22. The van der Waals surface area contributed by atoms with Gasteiger partial charge in [0.05, 0.1) is 6.42 Å². The van der Waals surface area contributed by atoms with Crippen LogP contribution in [0, 0.1) is 0 Å². The zero-order valence-electron chi connectivity index (χ0n) is 14.7. The molecule has 25 heavy (non-hydrogen) atoms. The first kappa shape index (κ1) is 18.8. The summed E-state index contributed by atoms with van der Waals surface area (Å²) in [5, 5.41) is 0. The van der Waals surface area contributed by atoms with Crippen LogP contribution in [0.25, 0.3) is 0 Å². The van der Waals surface area contributed by atoms with Gasteiger partial charge in [-0.05, 0) is 51.2 Å². The number of hydrogen-bond donors (Lipinski definition) is 1. The lowest BCUT2D eigenvalue weighted by Gasteiger charge is -2.38. The maximum Gasteiger partial charge on any atom is 0.252 e. The Kier molecular flexibility index (Phi) is 5.82. The molecule has 0 spiro atoms. The van der Waals surface area contributed by atoms with E-state index in [9.17, 15) is 13.2 Å². The van der Waals surface area contributed by atoms with Gasteiger partial charge in [0.2, 0.25) is 5.91 Å². The van der Waals surface area contributed by atoms with Crippen LogP contribution >= 0.6 is 11.3 Å². The van der Waals surface area contributed by atoms with E-state index in [2.05, 4.69) is 0 Å². The number of carbonyl (C=O) groups is 1. The first-order chi connectivity index (χ1) is 11.9. The number of rotatable bonds is 5. The van der Waals surface area contributed by atoms with E-state index in [1.165, 1.54) is 11.3 Å². The number of piperidine rings is 1. The lowest BCUT2D eigenvalue weighted by atomic mass is 9.96. The third-order valence-corrected chi connectivity index (χ3v) is 8.55. The molecule has 0 aliphatic carbocycles. The molecular formula is C17H27N3O3S2. The minimum Gasteiger partial charge on any atom is -0.338 e. The van der Waals surface area contributed by atoms with Crippen molar-refractivity contribution in [2.75, 3.05) is 19.6 Å². The molecule has 1 aromatic rings. The fraction of sp³-hybridized carbons (Fsp3) is 0.706. The number of likely N-dealkylation sites (tertiary alicyclic amines) is 1. The van der Waals surface area contributed by atoms with E-state index in [0.717, 1.165) is 43.5 Å². The van der Waals surface area contributed by atoms with Crippen LogP contribution in [0.4, 0.5) is 0 Å².